The maximum Gasteiger partial charge on any atom is 0.165 e. The van der Waals surface area contributed by atoms with E-state index in [9.17, 15) is 10.2 Å². The number of rotatable bonds is 5. The number of aromatic nitrogens is 1. The first-order valence-corrected chi connectivity index (χ1v) is 9.35. The second-order valence-electron chi connectivity index (χ2n) is 6.75. The number of nitrogens with one attached hydrogen (secondary N) is 1. The third-order valence-corrected chi connectivity index (χ3v) is 5.03. The number of fused-ring (bicyclic) bond motifs is 1. The van der Waals surface area contributed by atoms with Crippen LogP contribution in [0.25, 0.3) is 10.9 Å². The first-order valence-electron chi connectivity index (χ1n) is 9.35. The first-order chi connectivity index (χ1) is 13.1. The minimum absolute atomic E-state index is 0.0212. The number of anilines is 1. The Labute approximate surface area is 158 Å². The van der Waals surface area contributed by atoms with Gasteiger partial charge in [-0.05, 0) is 42.7 Å². The Morgan fingerprint density at radius 2 is 1.96 bits per heavy atom. The maximum absolute atomic E-state index is 10.4. The Kier molecular flexibility index (Phi) is 4.39. The molecule has 2 aromatic carbocycles. The van der Waals surface area contributed by atoms with Crippen molar-refractivity contribution in [3.05, 3.63) is 53.7 Å². The number of benzene rings is 2. The van der Waals surface area contributed by atoms with Crippen molar-refractivity contribution in [2.24, 2.45) is 5.10 Å². The van der Waals surface area contributed by atoms with Gasteiger partial charge in [-0.3, -0.25) is 5.43 Å². The van der Waals surface area contributed by atoms with E-state index in [1.807, 2.05) is 19.1 Å². The van der Waals surface area contributed by atoms with Crippen molar-refractivity contribution in [2.75, 3.05) is 11.6 Å². The van der Waals surface area contributed by atoms with Gasteiger partial charge in [0.1, 0.15) is 18.2 Å². The van der Waals surface area contributed by atoms with Gasteiger partial charge in [0.05, 0.1) is 16.8 Å². The Morgan fingerprint density at radius 1 is 1.11 bits per heavy atom. The number of phenolic OH excluding ortho intramolecular Hbond substituents is 2. The van der Waals surface area contributed by atoms with Crippen molar-refractivity contribution >= 4 is 22.4 Å². The molecule has 0 atom stereocenters. The lowest BCUT2D eigenvalue weighted by Crippen LogP contribution is -2.30. The highest BCUT2D eigenvalue weighted by Crippen LogP contribution is 2.34. The monoisotopic (exact) mass is 364 g/mol. The Bertz CT molecular complexity index is 1020. The lowest BCUT2D eigenvalue weighted by Gasteiger charge is -2.21. The van der Waals surface area contributed by atoms with Gasteiger partial charge in [0.25, 0.3) is 0 Å². The average Bonchev–Trinajstić information content (AvgIpc) is 3.30. The van der Waals surface area contributed by atoms with Crippen LogP contribution in [0.2, 0.25) is 0 Å². The highest BCUT2D eigenvalue weighted by atomic mass is 16.3. The summed E-state index contributed by atoms with van der Waals surface area (Å²) in [4.78, 5) is 2.06. The van der Waals surface area contributed by atoms with E-state index in [-0.39, 0.29) is 11.5 Å². The first kappa shape index (κ1) is 17.3. The van der Waals surface area contributed by atoms with Gasteiger partial charge in [0, 0.05) is 24.2 Å². The van der Waals surface area contributed by atoms with Crippen LogP contribution in [0.5, 0.6) is 11.5 Å². The number of hydrogen-bond acceptors (Lipinski definition) is 5. The zero-order chi connectivity index (χ0) is 19.0. The lowest BCUT2D eigenvalue weighted by atomic mass is 10.0. The fraction of sp³-hybridized carbons (Fsp3) is 0.286. The molecular formula is C21H24N4O2. The highest BCUT2D eigenvalue weighted by Gasteiger charge is 2.25. The summed E-state index contributed by atoms with van der Waals surface area (Å²) < 4.78 is 2.26. The van der Waals surface area contributed by atoms with Crippen LogP contribution in [0.1, 0.15) is 31.4 Å². The predicted octanol–water partition coefficient (Wildman–Crippen LogP) is 3.75. The summed E-state index contributed by atoms with van der Waals surface area (Å²) in [6.45, 7) is 5.64. The molecule has 2 heterocycles. The van der Waals surface area contributed by atoms with Crippen LogP contribution < -0.4 is 10.3 Å². The van der Waals surface area contributed by atoms with Crippen LogP contribution in [-0.2, 0) is 13.0 Å². The molecule has 1 aliphatic rings. The molecule has 0 bridgehead atoms. The summed E-state index contributed by atoms with van der Waals surface area (Å²) in [7, 11) is 0. The van der Waals surface area contributed by atoms with Crippen molar-refractivity contribution in [3.63, 3.8) is 0 Å². The second-order valence-corrected chi connectivity index (χ2v) is 6.75. The third kappa shape index (κ3) is 2.87. The fourth-order valence-electron chi connectivity index (χ4n) is 3.68. The molecule has 3 N–H and O–H groups in total. The molecule has 27 heavy (non-hydrogen) atoms. The Balaban J connectivity index is 1.80. The van der Waals surface area contributed by atoms with Gasteiger partial charge in [-0.25, -0.2) is 0 Å². The van der Waals surface area contributed by atoms with E-state index in [0.717, 1.165) is 29.6 Å². The smallest absolute Gasteiger partial charge is 0.165 e. The Hall–Kier alpha value is -3.15. The van der Waals surface area contributed by atoms with Crippen LogP contribution in [0.4, 0.5) is 5.69 Å². The molecule has 0 aliphatic carbocycles. The molecule has 6 heteroatoms. The van der Waals surface area contributed by atoms with E-state index in [1.165, 1.54) is 11.6 Å². The summed E-state index contributed by atoms with van der Waals surface area (Å²) in [5, 5.41) is 26.0. The molecular weight excluding hydrogens is 340 g/mol. The Morgan fingerprint density at radius 3 is 2.74 bits per heavy atom. The molecule has 4 rings (SSSR count). The molecule has 0 saturated heterocycles. The van der Waals surface area contributed by atoms with Gasteiger partial charge in [-0.15, -0.1) is 0 Å². The molecule has 0 spiro atoms. The van der Waals surface area contributed by atoms with Crippen LogP contribution in [-0.4, -0.2) is 27.3 Å². The van der Waals surface area contributed by atoms with E-state index >= 15 is 0 Å². The molecule has 1 aromatic heterocycles. The number of hydrazone groups is 1. The molecule has 0 radical (unpaired) electrons. The molecule has 1 aliphatic heterocycles. The summed E-state index contributed by atoms with van der Waals surface area (Å²) >= 11 is 0. The largest absolute Gasteiger partial charge is 0.508 e. The quantitative estimate of drug-likeness (QED) is 0.645. The van der Waals surface area contributed by atoms with Gasteiger partial charge in [0.15, 0.2) is 5.84 Å². The van der Waals surface area contributed by atoms with Crippen LogP contribution in [0.3, 0.4) is 0 Å². The summed E-state index contributed by atoms with van der Waals surface area (Å²) in [6.07, 6.45) is 3.87. The van der Waals surface area contributed by atoms with E-state index in [1.54, 1.807) is 0 Å². The van der Waals surface area contributed by atoms with Gasteiger partial charge in [0.2, 0.25) is 0 Å². The highest BCUT2D eigenvalue weighted by molar-refractivity contribution is 6.15. The van der Waals surface area contributed by atoms with Crippen LogP contribution >= 0.6 is 0 Å². The third-order valence-electron chi connectivity index (χ3n) is 5.03. The number of amidine groups is 1. The van der Waals surface area contributed by atoms with Gasteiger partial charge >= 0.3 is 0 Å². The zero-order valence-electron chi connectivity index (χ0n) is 15.6. The molecule has 0 fully saturated rings. The normalized spacial score (nSPS) is 13.9. The van der Waals surface area contributed by atoms with Crippen molar-refractivity contribution < 1.29 is 10.2 Å². The van der Waals surface area contributed by atoms with Gasteiger partial charge in [-0.1, -0.05) is 19.9 Å². The summed E-state index contributed by atoms with van der Waals surface area (Å²) in [5.74, 6) is 0.779. The van der Waals surface area contributed by atoms with E-state index in [0.29, 0.717) is 24.5 Å². The zero-order valence-corrected chi connectivity index (χ0v) is 15.6. The number of nitrogens with zero attached hydrogens (tertiary/aromatic N) is 3. The molecule has 0 unspecified atom stereocenters. The van der Waals surface area contributed by atoms with Gasteiger partial charge < -0.3 is 19.7 Å². The van der Waals surface area contributed by atoms with Crippen LogP contribution in [0.15, 0.2) is 47.7 Å². The van der Waals surface area contributed by atoms with Crippen molar-refractivity contribution in [2.45, 2.75) is 33.2 Å². The minimum Gasteiger partial charge on any atom is -0.508 e. The van der Waals surface area contributed by atoms with E-state index < -0.39 is 0 Å². The predicted molar refractivity (Wildman–Crippen MR) is 108 cm³/mol. The molecule has 0 amide bonds. The number of phenols is 2. The van der Waals surface area contributed by atoms with Crippen molar-refractivity contribution in [1.29, 1.82) is 0 Å². The maximum atomic E-state index is 10.4. The van der Waals surface area contributed by atoms with Crippen molar-refractivity contribution in [1.82, 2.24) is 9.99 Å². The molecule has 6 nitrogen and oxygen atoms in total. The number of aromatic hydroxyl groups is 2. The molecule has 140 valence electrons. The number of hydrogen-bond donors (Lipinski definition) is 3. The fourth-order valence-corrected chi connectivity index (χ4v) is 3.68. The standard InChI is InChI=1S/C21H24N4O2/c1-3-9-24-10-8-15-17(24)6-5-7-18(15)25-13-22-23-21(25)16-11-14(4-2)19(26)12-20(16)27/h5-8,10-12,22,26-27H,3-4,9,13H2,1-2H3. The van der Waals surface area contributed by atoms with E-state index in [4.69, 9.17) is 0 Å². The molecule has 0 saturated carbocycles. The topological polar surface area (TPSA) is 73.0 Å². The lowest BCUT2D eigenvalue weighted by molar-refractivity contribution is 0.445. The van der Waals surface area contributed by atoms with E-state index in [2.05, 4.69) is 51.3 Å². The molecule has 3 aromatic rings. The second kappa shape index (κ2) is 6.87. The van der Waals surface area contributed by atoms with Gasteiger partial charge in [-0.2, -0.15) is 5.10 Å². The average molecular weight is 364 g/mol. The number of aryl methyl sites for hydroxylation is 2. The van der Waals surface area contributed by atoms with Crippen LogP contribution in [0, 0.1) is 0 Å². The SMILES string of the molecule is CCCn1ccc2c(N3CNN=C3c3cc(CC)c(O)cc3O)cccc21. The van der Waals surface area contributed by atoms with Crippen molar-refractivity contribution in [3.8, 4) is 11.5 Å². The summed E-state index contributed by atoms with van der Waals surface area (Å²) in [5.41, 5.74) is 6.65. The minimum atomic E-state index is 0.0212. The summed E-state index contributed by atoms with van der Waals surface area (Å²) in [6, 6.07) is 11.6.